The standard InChI is InChI=1S/C16H17N3O/c1-15(2,3)7-6-13-12(10-19)14(11(8-17)9-18)20-16(13,4)5/h6-7H,1-5H3/b7-6+. The van der Waals surface area contributed by atoms with E-state index in [4.69, 9.17) is 15.3 Å². The molecule has 4 nitrogen and oxygen atoms in total. The van der Waals surface area contributed by atoms with Gasteiger partial charge in [0.1, 0.15) is 29.4 Å². The Balaban J connectivity index is 3.52. The third-order valence-corrected chi connectivity index (χ3v) is 2.81. The Morgan fingerprint density at radius 3 is 2.10 bits per heavy atom. The van der Waals surface area contributed by atoms with E-state index in [0.717, 1.165) is 0 Å². The molecule has 0 saturated carbocycles. The van der Waals surface area contributed by atoms with Crippen molar-refractivity contribution in [2.75, 3.05) is 0 Å². The molecule has 1 aliphatic rings. The van der Waals surface area contributed by atoms with E-state index < -0.39 is 5.60 Å². The molecule has 0 aromatic carbocycles. The van der Waals surface area contributed by atoms with E-state index >= 15 is 0 Å². The molecule has 0 aromatic rings. The van der Waals surface area contributed by atoms with Crippen LogP contribution in [0, 0.1) is 39.4 Å². The van der Waals surface area contributed by atoms with Crippen LogP contribution in [-0.4, -0.2) is 5.60 Å². The molecule has 4 heteroatoms. The van der Waals surface area contributed by atoms with Crippen LogP contribution in [0.3, 0.4) is 0 Å². The molecule has 1 aliphatic heterocycles. The van der Waals surface area contributed by atoms with E-state index in [1.807, 2.05) is 52.8 Å². The summed E-state index contributed by atoms with van der Waals surface area (Å²) in [7, 11) is 0. The number of nitrogens with zero attached hydrogens (tertiary/aromatic N) is 3. The average molecular weight is 267 g/mol. The molecule has 102 valence electrons. The maximum atomic E-state index is 9.33. The summed E-state index contributed by atoms with van der Waals surface area (Å²) < 4.78 is 5.66. The second kappa shape index (κ2) is 5.24. The summed E-state index contributed by atoms with van der Waals surface area (Å²) in [4.78, 5) is 0. The maximum Gasteiger partial charge on any atom is 0.172 e. The molecule has 1 rings (SSSR count). The molecule has 20 heavy (non-hydrogen) atoms. The molecule has 0 aliphatic carbocycles. The number of ether oxygens (including phenoxy) is 1. The van der Waals surface area contributed by atoms with Gasteiger partial charge in [-0.3, -0.25) is 0 Å². The Labute approximate surface area is 119 Å². The number of hydrogen-bond donors (Lipinski definition) is 0. The zero-order valence-electron chi connectivity index (χ0n) is 12.4. The Kier molecular flexibility index (Phi) is 4.07. The van der Waals surface area contributed by atoms with E-state index in [1.54, 1.807) is 12.1 Å². The van der Waals surface area contributed by atoms with Crippen LogP contribution in [0.15, 0.2) is 34.6 Å². The lowest BCUT2D eigenvalue weighted by molar-refractivity contribution is 0.0953. The molecular formula is C16H17N3O. The van der Waals surface area contributed by atoms with Crippen molar-refractivity contribution in [3.8, 4) is 18.2 Å². The van der Waals surface area contributed by atoms with Gasteiger partial charge in [-0.1, -0.05) is 32.9 Å². The van der Waals surface area contributed by atoms with Crippen molar-refractivity contribution in [2.24, 2.45) is 5.41 Å². The maximum absolute atomic E-state index is 9.33. The number of hydrogen-bond acceptors (Lipinski definition) is 4. The number of allylic oxidation sites excluding steroid dienone is 3. The highest BCUT2D eigenvalue weighted by Gasteiger charge is 2.38. The molecule has 0 aromatic heterocycles. The van der Waals surface area contributed by atoms with E-state index in [1.165, 1.54) is 0 Å². The number of rotatable bonds is 1. The fraction of sp³-hybridized carbons (Fsp3) is 0.438. The van der Waals surface area contributed by atoms with E-state index in [2.05, 4.69) is 0 Å². The minimum atomic E-state index is -0.735. The Morgan fingerprint density at radius 1 is 1.15 bits per heavy atom. The van der Waals surface area contributed by atoms with Crippen LogP contribution in [-0.2, 0) is 4.74 Å². The SMILES string of the molecule is CC(C)(C)/C=C/C1=C(C#N)C(=C(C#N)C#N)OC1(C)C. The normalized spacial score (nSPS) is 17.4. The van der Waals surface area contributed by atoms with Gasteiger partial charge in [0.25, 0.3) is 0 Å². The van der Waals surface area contributed by atoms with Gasteiger partial charge in [-0.25, -0.2) is 0 Å². The van der Waals surface area contributed by atoms with Crippen LogP contribution in [0.1, 0.15) is 34.6 Å². The topological polar surface area (TPSA) is 80.6 Å². The fourth-order valence-corrected chi connectivity index (χ4v) is 1.82. The molecular weight excluding hydrogens is 250 g/mol. The zero-order chi connectivity index (χ0) is 15.6. The first-order valence-corrected chi connectivity index (χ1v) is 6.24. The van der Waals surface area contributed by atoms with Crippen LogP contribution in [0.5, 0.6) is 0 Å². The second-order valence-corrected chi connectivity index (χ2v) is 6.14. The molecule has 0 amide bonds. The van der Waals surface area contributed by atoms with Crippen LogP contribution in [0.2, 0.25) is 0 Å². The van der Waals surface area contributed by atoms with Crippen molar-refractivity contribution in [1.29, 1.82) is 15.8 Å². The lowest BCUT2D eigenvalue weighted by Gasteiger charge is -2.21. The molecule has 0 saturated heterocycles. The summed E-state index contributed by atoms with van der Waals surface area (Å²) >= 11 is 0. The molecule has 0 fully saturated rings. The predicted molar refractivity (Wildman–Crippen MR) is 74.7 cm³/mol. The molecule has 0 N–H and O–H groups in total. The van der Waals surface area contributed by atoms with Crippen molar-refractivity contribution >= 4 is 0 Å². The molecule has 0 radical (unpaired) electrons. The lowest BCUT2D eigenvalue weighted by atomic mass is 9.90. The highest BCUT2D eigenvalue weighted by Crippen LogP contribution is 2.40. The first kappa shape index (κ1) is 15.5. The van der Waals surface area contributed by atoms with Gasteiger partial charge in [0.2, 0.25) is 0 Å². The van der Waals surface area contributed by atoms with Crippen LogP contribution >= 0.6 is 0 Å². The summed E-state index contributed by atoms with van der Waals surface area (Å²) in [6.45, 7) is 9.76. The zero-order valence-corrected chi connectivity index (χ0v) is 12.4. The van der Waals surface area contributed by atoms with Crippen molar-refractivity contribution in [2.45, 2.75) is 40.2 Å². The second-order valence-electron chi connectivity index (χ2n) is 6.14. The predicted octanol–water partition coefficient (Wildman–Crippen LogP) is 3.52. The van der Waals surface area contributed by atoms with Crippen LogP contribution in [0.4, 0.5) is 0 Å². The molecule has 1 heterocycles. The summed E-state index contributed by atoms with van der Waals surface area (Å²) in [5.74, 6) is 0.0797. The van der Waals surface area contributed by atoms with Crippen molar-refractivity contribution in [1.82, 2.24) is 0 Å². The fourth-order valence-electron chi connectivity index (χ4n) is 1.82. The van der Waals surface area contributed by atoms with Crippen molar-refractivity contribution in [3.63, 3.8) is 0 Å². The highest BCUT2D eigenvalue weighted by atomic mass is 16.5. The summed E-state index contributed by atoms with van der Waals surface area (Å²) in [5, 5.41) is 27.2. The summed E-state index contributed by atoms with van der Waals surface area (Å²) in [6.07, 6.45) is 3.82. The quantitative estimate of drug-likeness (QED) is 0.681. The van der Waals surface area contributed by atoms with E-state index in [0.29, 0.717) is 5.57 Å². The average Bonchev–Trinajstić information content (AvgIpc) is 2.58. The van der Waals surface area contributed by atoms with Gasteiger partial charge in [-0.2, -0.15) is 15.8 Å². The Bertz CT molecular complexity index is 619. The summed E-state index contributed by atoms with van der Waals surface area (Å²) in [5.41, 5.74) is 0.000118. The monoisotopic (exact) mass is 267 g/mol. The highest BCUT2D eigenvalue weighted by molar-refractivity contribution is 5.60. The Morgan fingerprint density at radius 2 is 1.70 bits per heavy atom. The van der Waals surface area contributed by atoms with Crippen molar-refractivity contribution < 1.29 is 4.74 Å². The Hall–Kier alpha value is -2.51. The molecule has 0 bridgehead atoms. The lowest BCUT2D eigenvalue weighted by Crippen LogP contribution is -2.21. The van der Waals surface area contributed by atoms with Crippen molar-refractivity contribution in [3.05, 3.63) is 34.6 Å². The molecule has 0 unspecified atom stereocenters. The van der Waals surface area contributed by atoms with E-state index in [9.17, 15) is 5.26 Å². The first-order valence-electron chi connectivity index (χ1n) is 6.24. The molecule has 0 atom stereocenters. The minimum absolute atomic E-state index is 0.0383. The largest absolute Gasteiger partial charge is 0.480 e. The smallest absolute Gasteiger partial charge is 0.172 e. The van der Waals surface area contributed by atoms with Gasteiger partial charge in [0, 0.05) is 5.57 Å². The molecule has 0 spiro atoms. The van der Waals surface area contributed by atoms with E-state index in [-0.39, 0.29) is 22.3 Å². The van der Waals surface area contributed by atoms with Crippen LogP contribution < -0.4 is 0 Å². The van der Waals surface area contributed by atoms with Gasteiger partial charge < -0.3 is 4.74 Å². The third kappa shape index (κ3) is 3.08. The summed E-state index contributed by atoms with van der Waals surface area (Å²) in [6, 6.07) is 5.59. The third-order valence-electron chi connectivity index (χ3n) is 2.81. The number of nitriles is 3. The minimum Gasteiger partial charge on any atom is -0.480 e. The van der Waals surface area contributed by atoms with Gasteiger partial charge in [-0.05, 0) is 19.3 Å². The van der Waals surface area contributed by atoms with Crippen LogP contribution in [0.25, 0.3) is 0 Å². The van der Waals surface area contributed by atoms with Gasteiger partial charge in [0.05, 0.1) is 0 Å². The van der Waals surface area contributed by atoms with Gasteiger partial charge in [0.15, 0.2) is 11.3 Å². The first-order chi connectivity index (χ1) is 9.16. The van der Waals surface area contributed by atoms with Gasteiger partial charge >= 0.3 is 0 Å². The van der Waals surface area contributed by atoms with Gasteiger partial charge in [-0.15, -0.1) is 0 Å².